The Labute approximate surface area is 173 Å². The van der Waals surface area contributed by atoms with Gasteiger partial charge in [-0.1, -0.05) is 11.6 Å². The van der Waals surface area contributed by atoms with Crippen molar-refractivity contribution in [3.63, 3.8) is 0 Å². The summed E-state index contributed by atoms with van der Waals surface area (Å²) in [5.74, 6) is -0.480. The van der Waals surface area contributed by atoms with E-state index < -0.39 is 11.9 Å². The van der Waals surface area contributed by atoms with Crippen molar-refractivity contribution < 1.29 is 14.1 Å². The SMILES string of the molecule is C[N+]12CCCCC1Cc1c(sc(NC(=O)Nc3ccc(Cl)cc3)c1C(N)=O)C2. The molecule has 1 aromatic carbocycles. The standard InChI is InChI=1S/C20H23ClN4O2S/c1-25-9-3-2-4-14(25)10-15-16(11-25)28-19(17(15)18(22)26)24-20(27)23-13-7-5-12(21)6-8-13/h5-8,14H,2-4,9-11H2,1H3,(H3-,22,23,24,26,27)/p+1. The van der Waals surface area contributed by atoms with Gasteiger partial charge in [-0.25, -0.2) is 4.79 Å². The molecule has 1 fully saturated rings. The molecule has 8 heteroatoms. The first-order valence-corrected chi connectivity index (χ1v) is 10.7. The first-order valence-electron chi connectivity index (χ1n) is 9.48. The van der Waals surface area contributed by atoms with Gasteiger partial charge in [0.05, 0.1) is 30.1 Å². The molecule has 28 heavy (non-hydrogen) atoms. The Morgan fingerprint density at radius 3 is 2.68 bits per heavy atom. The first-order chi connectivity index (χ1) is 13.4. The molecule has 148 valence electrons. The maximum Gasteiger partial charge on any atom is 0.324 e. The number of hydrogen-bond acceptors (Lipinski definition) is 3. The number of piperidine rings is 1. The number of rotatable bonds is 3. The largest absolute Gasteiger partial charge is 0.365 e. The van der Waals surface area contributed by atoms with Crippen LogP contribution >= 0.6 is 22.9 Å². The number of primary amides is 1. The average Bonchev–Trinajstić information content (AvgIpc) is 2.97. The zero-order valence-electron chi connectivity index (χ0n) is 15.8. The zero-order chi connectivity index (χ0) is 19.9. The molecule has 3 heterocycles. The molecule has 3 amide bonds. The normalized spacial score (nSPS) is 23.4. The van der Waals surface area contributed by atoms with Gasteiger partial charge >= 0.3 is 6.03 Å². The van der Waals surface area contributed by atoms with Crippen LogP contribution in [0.25, 0.3) is 0 Å². The number of nitrogens with two attached hydrogens (primary N) is 1. The molecule has 0 radical (unpaired) electrons. The molecule has 1 aromatic heterocycles. The van der Waals surface area contributed by atoms with Crippen LogP contribution in [-0.2, 0) is 13.0 Å². The van der Waals surface area contributed by atoms with Crippen molar-refractivity contribution in [1.29, 1.82) is 0 Å². The Balaban J connectivity index is 1.59. The second-order valence-corrected chi connectivity index (χ2v) is 9.41. The number of anilines is 2. The lowest BCUT2D eigenvalue weighted by atomic mass is 9.87. The van der Waals surface area contributed by atoms with E-state index in [2.05, 4.69) is 17.7 Å². The van der Waals surface area contributed by atoms with Gasteiger partial charge in [0.15, 0.2) is 0 Å². The summed E-state index contributed by atoms with van der Waals surface area (Å²) >= 11 is 7.35. The molecule has 6 nitrogen and oxygen atoms in total. The minimum atomic E-state index is -0.480. The summed E-state index contributed by atoms with van der Waals surface area (Å²) in [6.45, 7) is 2.05. The van der Waals surface area contributed by atoms with Gasteiger partial charge in [0.2, 0.25) is 0 Å². The first kappa shape index (κ1) is 19.2. The van der Waals surface area contributed by atoms with Gasteiger partial charge in [-0.15, -0.1) is 11.3 Å². The molecule has 0 spiro atoms. The number of amides is 3. The Kier molecular flexibility index (Phi) is 5.07. The maximum absolute atomic E-state index is 12.5. The summed E-state index contributed by atoms with van der Waals surface area (Å²) in [6.07, 6.45) is 4.49. The number of halogens is 1. The monoisotopic (exact) mass is 419 g/mol. The van der Waals surface area contributed by atoms with E-state index in [1.54, 1.807) is 24.3 Å². The molecule has 0 saturated carbocycles. The molecule has 1 saturated heterocycles. The second-order valence-electron chi connectivity index (χ2n) is 7.87. The Hall–Kier alpha value is -2.09. The lowest BCUT2D eigenvalue weighted by molar-refractivity contribution is -0.952. The predicted molar refractivity (Wildman–Crippen MR) is 113 cm³/mol. The molecule has 0 aliphatic carbocycles. The van der Waals surface area contributed by atoms with E-state index in [-0.39, 0.29) is 0 Å². The molecular formula is C20H24ClN4O2S+. The van der Waals surface area contributed by atoms with Gasteiger partial charge in [-0.2, -0.15) is 0 Å². The van der Waals surface area contributed by atoms with Crippen molar-refractivity contribution in [2.75, 3.05) is 24.2 Å². The zero-order valence-corrected chi connectivity index (χ0v) is 17.3. The number of fused-ring (bicyclic) bond motifs is 2. The number of carbonyl (C=O) groups is 2. The van der Waals surface area contributed by atoms with Gasteiger partial charge in [0.1, 0.15) is 11.5 Å². The summed E-state index contributed by atoms with van der Waals surface area (Å²) in [6, 6.07) is 6.97. The fraction of sp³-hybridized carbons (Fsp3) is 0.400. The Morgan fingerprint density at radius 2 is 1.96 bits per heavy atom. The number of nitrogens with zero attached hydrogens (tertiary/aromatic N) is 1. The quantitative estimate of drug-likeness (QED) is 0.651. The summed E-state index contributed by atoms with van der Waals surface area (Å²) in [5, 5.41) is 6.73. The second kappa shape index (κ2) is 7.39. The van der Waals surface area contributed by atoms with E-state index in [0.29, 0.717) is 27.3 Å². The lowest BCUT2D eigenvalue weighted by Gasteiger charge is -2.47. The molecule has 2 unspecified atom stereocenters. The molecule has 2 aromatic rings. The van der Waals surface area contributed by atoms with Crippen LogP contribution in [-0.4, -0.2) is 36.1 Å². The lowest BCUT2D eigenvalue weighted by Crippen LogP contribution is -2.57. The van der Waals surface area contributed by atoms with E-state index in [0.717, 1.165) is 34.4 Å². The fourth-order valence-electron chi connectivity index (χ4n) is 4.44. The van der Waals surface area contributed by atoms with Gasteiger partial charge < -0.3 is 15.5 Å². The van der Waals surface area contributed by atoms with Crippen molar-refractivity contribution >= 4 is 45.6 Å². The number of quaternary nitrogens is 1. The van der Waals surface area contributed by atoms with E-state index in [4.69, 9.17) is 17.3 Å². The van der Waals surface area contributed by atoms with E-state index in [9.17, 15) is 9.59 Å². The van der Waals surface area contributed by atoms with Crippen LogP contribution in [0.5, 0.6) is 0 Å². The van der Waals surface area contributed by atoms with Crippen molar-refractivity contribution in [2.24, 2.45) is 5.73 Å². The van der Waals surface area contributed by atoms with Crippen LogP contribution in [0.3, 0.4) is 0 Å². The van der Waals surface area contributed by atoms with E-state index >= 15 is 0 Å². The van der Waals surface area contributed by atoms with Crippen LogP contribution in [0.4, 0.5) is 15.5 Å². The van der Waals surface area contributed by atoms with Gasteiger partial charge in [-0.05, 0) is 49.1 Å². The van der Waals surface area contributed by atoms with Crippen molar-refractivity contribution in [2.45, 2.75) is 38.3 Å². The number of urea groups is 1. The maximum atomic E-state index is 12.5. The van der Waals surface area contributed by atoms with Crippen molar-refractivity contribution in [1.82, 2.24) is 0 Å². The van der Waals surface area contributed by atoms with Crippen LogP contribution in [0.2, 0.25) is 5.02 Å². The van der Waals surface area contributed by atoms with Gasteiger partial charge in [0, 0.05) is 17.1 Å². The minimum absolute atomic E-state index is 0.401. The van der Waals surface area contributed by atoms with Crippen LogP contribution in [0.1, 0.15) is 40.1 Å². The Morgan fingerprint density at radius 1 is 1.21 bits per heavy atom. The highest BCUT2D eigenvalue weighted by molar-refractivity contribution is 7.17. The number of benzene rings is 1. The molecular weight excluding hydrogens is 396 g/mol. The molecule has 2 aliphatic rings. The fourth-order valence-corrected chi connectivity index (χ4v) is 5.95. The average molecular weight is 420 g/mol. The topological polar surface area (TPSA) is 84.2 Å². The number of thiophene rings is 1. The Bertz CT molecular complexity index is 927. The number of hydrogen-bond donors (Lipinski definition) is 3. The summed E-state index contributed by atoms with van der Waals surface area (Å²) < 4.78 is 1.02. The minimum Gasteiger partial charge on any atom is -0.365 e. The molecule has 0 bridgehead atoms. The highest BCUT2D eigenvalue weighted by Crippen LogP contribution is 2.43. The molecule has 4 N–H and O–H groups in total. The third-order valence-electron chi connectivity index (χ3n) is 5.95. The highest BCUT2D eigenvalue weighted by Gasteiger charge is 2.43. The van der Waals surface area contributed by atoms with E-state index in [1.165, 1.54) is 30.6 Å². The summed E-state index contributed by atoms with van der Waals surface area (Å²) in [4.78, 5) is 25.8. The van der Waals surface area contributed by atoms with Crippen molar-refractivity contribution in [3.8, 4) is 0 Å². The predicted octanol–water partition coefficient (Wildman–Crippen LogP) is 4.20. The molecule has 4 rings (SSSR count). The van der Waals surface area contributed by atoms with Crippen LogP contribution in [0, 0.1) is 0 Å². The van der Waals surface area contributed by atoms with E-state index in [1.807, 2.05) is 0 Å². The number of nitrogens with one attached hydrogen (secondary N) is 2. The third-order valence-corrected chi connectivity index (χ3v) is 7.33. The molecule has 2 aliphatic heterocycles. The van der Waals surface area contributed by atoms with Gasteiger partial charge in [-0.3, -0.25) is 10.1 Å². The smallest absolute Gasteiger partial charge is 0.324 e. The third kappa shape index (κ3) is 3.62. The summed E-state index contributed by atoms with van der Waals surface area (Å²) in [5.41, 5.74) is 7.83. The number of carbonyl (C=O) groups excluding carboxylic acids is 2. The number of likely N-dealkylation sites (N-methyl/N-ethyl adjacent to an activating group) is 1. The molecule has 2 atom stereocenters. The summed E-state index contributed by atoms with van der Waals surface area (Å²) in [7, 11) is 2.30. The van der Waals surface area contributed by atoms with Crippen LogP contribution < -0.4 is 16.4 Å². The van der Waals surface area contributed by atoms with Gasteiger partial charge in [0.25, 0.3) is 5.91 Å². The van der Waals surface area contributed by atoms with Crippen molar-refractivity contribution in [3.05, 3.63) is 45.3 Å². The van der Waals surface area contributed by atoms with Crippen LogP contribution in [0.15, 0.2) is 24.3 Å². The highest BCUT2D eigenvalue weighted by atomic mass is 35.5.